The molecule has 0 fully saturated rings. The van der Waals surface area contributed by atoms with Gasteiger partial charge in [0.15, 0.2) is 18.1 Å². The van der Waals surface area contributed by atoms with Gasteiger partial charge in [-0.2, -0.15) is 0 Å². The van der Waals surface area contributed by atoms with Gasteiger partial charge in [0, 0.05) is 0 Å². The number of hydrazine groups is 1. The Labute approximate surface area is 171 Å². The number of esters is 1. The first kappa shape index (κ1) is 19.3. The molecule has 30 heavy (non-hydrogen) atoms. The van der Waals surface area contributed by atoms with Gasteiger partial charge in [-0.05, 0) is 29.0 Å². The number of hydrogen-bond acceptors (Lipinski definition) is 6. The van der Waals surface area contributed by atoms with Crippen molar-refractivity contribution in [2.45, 2.75) is 6.10 Å². The fourth-order valence-corrected chi connectivity index (χ4v) is 3.01. The summed E-state index contributed by atoms with van der Waals surface area (Å²) in [7, 11) is 0. The molecule has 0 spiro atoms. The SMILES string of the molecule is O=C(COC(=O)c1cccc2ccccc12)NNC(=O)[C@H]1COc2ccccc2O1. The van der Waals surface area contributed by atoms with Crippen molar-refractivity contribution in [3.63, 3.8) is 0 Å². The fourth-order valence-electron chi connectivity index (χ4n) is 3.01. The van der Waals surface area contributed by atoms with Gasteiger partial charge in [-0.15, -0.1) is 0 Å². The molecular weight excluding hydrogens is 388 g/mol. The molecule has 152 valence electrons. The average Bonchev–Trinajstić information content (AvgIpc) is 2.80. The third-order valence-electron chi connectivity index (χ3n) is 4.47. The molecule has 0 bridgehead atoms. The number of nitrogens with one attached hydrogen (secondary N) is 2. The van der Waals surface area contributed by atoms with Crippen LogP contribution in [-0.2, 0) is 14.3 Å². The van der Waals surface area contributed by atoms with E-state index in [4.69, 9.17) is 14.2 Å². The van der Waals surface area contributed by atoms with E-state index in [0.717, 1.165) is 10.8 Å². The maximum atomic E-state index is 12.3. The third-order valence-corrected chi connectivity index (χ3v) is 4.47. The molecule has 0 aromatic heterocycles. The smallest absolute Gasteiger partial charge is 0.339 e. The molecule has 1 aliphatic heterocycles. The second-order valence-electron chi connectivity index (χ2n) is 6.50. The van der Waals surface area contributed by atoms with E-state index in [1.807, 2.05) is 24.3 Å². The maximum absolute atomic E-state index is 12.3. The molecule has 4 rings (SSSR count). The number of hydrogen-bond donors (Lipinski definition) is 2. The highest BCUT2D eigenvalue weighted by Gasteiger charge is 2.27. The monoisotopic (exact) mass is 406 g/mol. The summed E-state index contributed by atoms with van der Waals surface area (Å²) in [5, 5.41) is 1.62. The van der Waals surface area contributed by atoms with Gasteiger partial charge in [0.25, 0.3) is 11.8 Å². The Hall–Kier alpha value is -4.07. The molecular formula is C22H18N2O6. The van der Waals surface area contributed by atoms with Crippen LogP contribution in [0.1, 0.15) is 10.4 Å². The van der Waals surface area contributed by atoms with Crippen LogP contribution in [0.4, 0.5) is 0 Å². The van der Waals surface area contributed by atoms with Crippen LogP contribution in [0.3, 0.4) is 0 Å². The summed E-state index contributed by atoms with van der Waals surface area (Å²) in [5.74, 6) is -0.911. The van der Waals surface area contributed by atoms with Gasteiger partial charge in [0.1, 0.15) is 6.61 Å². The number of fused-ring (bicyclic) bond motifs is 2. The lowest BCUT2D eigenvalue weighted by Gasteiger charge is -2.25. The van der Waals surface area contributed by atoms with Crippen molar-refractivity contribution in [1.29, 1.82) is 0 Å². The van der Waals surface area contributed by atoms with Crippen LogP contribution in [0.5, 0.6) is 11.5 Å². The number of amides is 2. The lowest BCUT2D eigenvalue weighted by molar-refractivity contribution is -0.135. The maximum Gasteiger partial charge on any atom is 0.339 e. The molecule has 0 radical (unpaired) electrons. The van der Waals surface area contributed by atoms with Crippen LogP contribution in [0.15, 0.2) is 66.7 Å². The summed E-state index contributed by atoms with van der Waals surface area (Å²) < 4.78 is 16.1. The summed E-state index contributed by atoms with van der Waals surface area (Å²) in [6.45, 7) is -0.540. The average molecular weight is 406 g/mol. The van der Waals surface area contributed by atoms with Crippen LogP contribution in [0, 0.1) is 0 Å². The largest absolute Gasteiger partial charge is 0.485 e. The van der Waals surface area contributed by atoms with Crippen LogP contribution < -0.4 is 20.3 Å². The number of rotatable bonds is 4. The highest BCUT2D eigenvalue weighted by Crippen LogP contribution is 2.30. The van der Waals surface area contributed by atoms with Gasteiger partial charge >= 0.3 is 5.97 Å². The van der Waals surface area contributed by atoms with Gasteiger partial charge in [0.2, 0.25) is 6.10 Å². The van der Waals surface area contributed by atoms with Crippen LogP contribution in [0.2, 0.25) is 0 Å². The lowest BCUT2D eigenvalue weighted by Crippen LogP contribution is -2.51. The number of benzene rings is 3. The van der Waals surface area contributed by atoms with Gasteiger partial charge in [0.05, 0.1) is 5.56 Å². The number of para-hydroxylation sites is 2. The van der Waals surface area contributed by atoms with E-state index in [-0.39, 0.29) is 6.61 Å². The minimum atomic E-state index is -0.918. The number of carbonyl (C=O) groups excluding carboxylic acids is 3. The molecule has 8 nitrogen and oxygen atoms in total. The minimum Gasteiger partial charge on any atom is -0.485 e. The summed E-state index contributed by atoms with van der Waals surface area (Å²) in [6.07, 6.45) is -0.918. The Morgan fingerprint density at radius 2 is 1.63 bits per heavy atom. The van der Waals surface area contributed by atoms with Gasteiger partial charge in [-0.25, -0.2) is 4.79 Å². The Balaban J connectivity index is 1.27. The summed E-state index contributed by atoms with van der Waals surface area (Å²) in [5.41, 5.74) is 4.80. The van der Waals surface area contributed by atoms with Gasteiger partial charge in [-0.1, -0.05) is 48.5 Å². The molecule has 1 aliphatic rings. The molecule has 0 saturated heterocycles. The zero-order chi connectivity index (χ0) is 20.9. The first-order chi connectivity index (χ1) is 14.6. The van der Waals surface area contributed by atoms with E-state index < -0.39 is 30.5 Å². The van der Waals surface area contributed by atoms with Crippen molar-refractivity contribution in [1.82, 2.24) is 10.9 Å². The standard InChI is InChI=1S/C22H18N2O6/c25-20(13-29-22(27)16-9-5-7-14-6-1-2-8-15(14)16)23-24-21(26)19-12-28-17-10-3-4-11-18(17)30-19/h1-11,19H,12-13H2,(H,23,25)(H,24,26)/t19-/m1/s1. The van der Waals surface area contributed by atoms with E-state index in [2.05, 4.69) is 10.9 Å². The Bertz CT molecular complexity index is 1110. The van der Waals surface area contributed by atoms with Crippen molar-refractivity contribution < 1.29 is 28.6 Å². The predicted octanol–water partition coefficient (Wildman–Crippen LogP) is 1.98. The zero-order valence-corrected chi connectivity index (χ0v) is 15.8. The number of ether oxygens (including phenoxy) is 3. The number of carbonyl (C=O) groups is 3. The van der Waals surface area contributed by atoms with Gasteiger partial charge in [-0.3, -0.25) is 20.4 Å². The van der Waals surface area contributed by atoms with Crippen LogP contribution >= 0.6 is 0 Å². The molecule has 3 aromatic carbocycles. The van der Waals surface area contributed by atoms with Crippen molar-refractivity contribution in [3.8, 4) is 11.5 Å². The minimum absolute atomic E-state index is 0.00871. The molecule has 1 atom stereocenters. The van der Waals surface area contributed by atoms with Gasteiger partial charge < -0.3 is 14.2 Å². The van der Waals surface area contributed by atoms with E-state index in [9.17, 15) is 14.4 Å². The Morgan fingerprint density at radius 1 is 0.900 bits per heavy atom. The molecule has 0 saturated carbocycles. The zero-order valence-electron chi connectivity index (χ0n) is 15.8. The first-order valence-electron chi connectivity index (χ1n) is 9.24. The fraction of sp³-hybridized carbons (Fsp3) is 0.136. The highest BCUT2D eigenvalue weighted by molar-refractivity contribution is 6.04. The van der Waals surface area contributed by atoms with E-state index in [1.54, 1.807) is 42.5 Å². The summed E-state index contributed by atoms with van der Waals surface area (Å²) >= 11 is 0. The normalized spacial score (nSPS) is 14.6. The van der Waals surface area contributed by atoms with Crippen molar-refractivity contribution in [2.75, 3.05) is 13.2 Å². The molecule has 0 unspecified atom stereocenters. The second-order valence-corrected chi connectivity index (χ2v) is 6.50. The van der Waals surface area contributed by atoms with E-state index >= 15 is 0 Å². The molecule has 2 amide bonds. The third kappa shape index (κ3) is 4.17. The van der Waals surface area contributed by atoms with Crippen molar-refractivity contribution >= 4 is 28.6 Å². The Morgan fingerprint density at radius 3 is 2.50 bits per heavy atom. The molecule has 8 heteroatoms. The van der Waals surface area contributed by atoms with E-state index in [1.165, 1.54) is 0 Å². The predicted molar refractivity (Wildman–Crippen MR) is 107 cm³/mol. The Kier molecular flexibility index (Phi) is 5.47. The van der Waals surface area contributed by atoms with E-state index in [0.29, 0.717) is 17.1 Å². The lowest BCUT2D eigenvalue weighted by atomic mass is 10.1. The highest BCUT2D eigenvalue weighted by atomic mass is 16.6. The van der Waals surface area contributed by atoms with Crippen molar-refractivity contribution in [2.24, 2.45) is 0 Å². The molecule has 1 heterocycles. The summed E-state index contributed by atoms with van der Waals surface area (Å²) in [6, 6.07) is 19.6. The molecule has 0 aliphatic carbocycles. The quantitative estimate of drug-likeness (QED) is 0.507. The topological polar surface area (TPSA) is 103 Å². The second kappa shape index (κ2) is 8.52. The summed E-state index contributed by atoms with van der Waals surface area (Å²) in [4.78, 5) is 36.5. The van der Waals surface area contributed by atoms with Crippen LogP contribution in [0.25, 0.3) is 10.8 Å². The van der Waals surface area contributed by atoms with Crippen LogP contribution in [-0.4, -0.2) is 37.1 Å². The molecule has 2 N–H and O–H groups in total. The molecule has 3 aromatic rings. The first-order valence-corrected chi connectivity index (χ1v) is 9.24. The van der Waals surface area contributed by atoms with Crippen molar-refractivity contribution in [3.05, 3.63) is 72.3 Å².